The monoisotopic (exact) mass is 532 g/mol. The van der Waals surface area contributed by atoms with Crippen molar-refractivity contribution < 1.29 is 14.3 Å². The minimum atomic E-state index is -0.534. The summed E-state index contributed by atoms with van der Waals surface area (Å²) in [5.74, 6) is 1.22. The number of ether oxygens (including phenoxy) is 1. The van der Waals surface area contributed by atoms with E-state index >= 15 is 0 Å². The Labute approximate surface area is 229 Å². The highest BCUT2D eigenvalue weighted by molar-refractivity contribution is 5.75. The number of hydrogen-bond acceptors (Lipinski definition) is 9. The molecule has 0 aliphatic carbocycles. The maximum absolute atomic E-state index is 12.6. The number of likely N-dealkylation sites (tertiary alicyclic amines) is 1. The van der Waals surface area contributed by atoms with Crippen molar-refractivity contribution in [1.82, 2.24) is 24.4 Å². The van der Waals surface area contributed by atoms with Gasteiger partial charge in [-0.05, 0) is 45.6 Å². The number of carbonyl (C=O) groups excluding carboxylic acids is 2. The molecule has 1 fully saturated rings. The summed E-state index contributed by atoms with van der Waals surface area (Å²) in [4.78, 5) is 38.3. The molecule has 3 aromatic heterocycles. The molecule has 11 heteroatoms. The van der Waals surface area contributed by atoms with Gasteiger partial charge in [0.05, 0.1) is 30.0 Å². The van der Waals surface area contributed by atoms with E-state index in [2.05, 4.69) is 25.6 Å². The maximum atomic E-state index is 12.6. The maximum Gasteiger partial charge on any atom is 0.410 e. The number of pyridine rings is 1. The molecule has 0 spiro atoms. The number of nitrogens with zero attached hydrogens (tertiary/aromatic N) is 6. The van der Waals surface area contributed by atoms with E-state index in [4.69, 9.17) is 10.00 Å². The molecule has 206 valence electrons. The van der Waals surface area contributed by atoms with Crippen LogP contribution >= 0.6 is 0 Å². The van der Waals surface area contributed by atoms with E-state index in [1.807, 2.05) is 51.3 Å². The zero-order chi connectivity index (χ0) is 28.4. The predicted octanol–water partition coefficient (Wildman–Crippen LogP) is 5.18. The number of nitrogens with one attached hydrogen (secondary N) is 2. The second-order valence-corrected chi connectivity index (χ2v) is 9.90. The van der Waals surface area contributed by atoms with E-state index in [1.165, 1.54) is 12.4 Å². The molecule has 4 rings (SSSR count). The molecule has 4 heterocycles. The second kappa shape index (κ2) is 13.4. The molecule has 0 saturated carbocycles. The smallest absolute Gasteiger partial charge is 0.410 e. The third-order valence-corrected chi connectivity index (χ3v) is 5.79. The average molecular weight is 533 g/mol. The summed E-state index contributed by atoms with van der Waals surface area (Å²) in [6, 6.07) is 5.52. The van der Waals surface area contributed by atoms with Crippen LogP contribution in [-0.4, -0.2) is 62.0 Å². The molecule has 1 unspecified atom stereocenters. The van der Waals surface area contributed by atoms with Crippen LogP contribution in [0, 0.1) is 17.2 Å². The lowest BCUT2D eigenvalue weighted by Gasteiger charge is -2.34. The Morgan fingerprint density at radius 3 is 2.62 bits per heavy atom. The number of aromatic nitrogens is 4. The third kappa shape index (κ3) is 8.26. The third-order valence-electron chi connectivity index (χ3n) is 5.79. The highest BCUT2D eigenvalue weighted by atomic mass is 16.6. The van der Waals surface area contributed by atoms with E-state index in [0.717, 1.165) is 30.5 Å². The lowest BCUT2D eigenvalue weighted by Crippen LogP contribution is -2.44. The van der Waals surface area contributed by atoms with Crippen molar-refractivity contribution in [2.45, 2.75) is 53.1 Å². The van der Waals surface area contributed by atoms with E-state index in [-0.39, 0.29) is 17.7 Å². The lowest BCUT2D eigenvalue weighted by atomic mass is 9.98. The molecule has 0 bridgehead atoms. The number of carbonyl (C=O) groups is 2. The number of anilines is 3. The van der Waals surface area contributed by atoms with Crippen molar-refractivity contribution in [3.8, 4) is 11.8 Å². The molecular formula is C28H36N8O3. The Morgan fingerprint density at radius 1 is 1.21 bits per heavy atom. The van der Waals surface area contributed by atoms with Crippen molar-refractivity contribution in [3.63, 3.8) is 0 Å². The summed E-state index contributed by atoms with van der Waals surface area (Å²) in [6.45, 7) is 11.5. The quantitative estimate of drug-likeness (QED) is 0.394. The molecule has 1 atom stereocenters. The zero-order valence-electron chi connectivity index (χ0n) is 23.1. The fourth-order valence-electron chi connectivity index (χ4n) is 4.06. The van der Waals surface area contributed by atoms with Gasteiger partial charge in [-0.25, -0.2) is 19.7 Å². The summed E-state index contributed by atoms with van der Waals surface area (Å²) >= 11 is 0. The molecule has 1 amide bonds. The van der Waals surface area contributed by atoms with Gasteiger partial charge in [0.15, 0.2) is 12.0 Å². The first kappa shape index (κ1) is 29.1. The first-order chi connectivity index (χ1) is 18.7. The predicted molar refractivity (Wildman–Crippen MR) is 149 cm³/mol. The minimum absolute atomic E-state index is 0.225. The van der Waals surface area contributed by atoms with E-state index < -0.39 is 5.60 Å². The molecule has 39 heavy (non-hydrogen) atoms. The molecule has 1 aliphatic rings. The Kier molecular flexibility index (Phi) is 9.98. The van der Waals surface area contributed by atoms with E-state index in [0.29, 0.717) is 36.8 Å². The van der Waals surface area contributed by atoms with Gasteiger partial charge in [0.1, 0.15) is 23.3 Å². The molecule has 0 aromatic carbocycles. The van der Waals surface area contributed by atoms with Gasteiger partial charge >= 0.3 is 6.09 Å². The number of amides is 1. The molecule has 2 N–H and O–H groups in total. The first-order valence-corrected chi connectivity index (χ1v) is 13.1. The Hall–Kier alpha value is -4.46. The second-order valence-electron chi connectivity index (χ2n) is 9.90. The topological polar surface area (TPSA) is 138 Å². The summed E-state index contributed by atoms with van der Waals surface area (Å²) < 4.78 is 7.39. The molecule has 1 aliphatic heterocycles. The Morgan fingerprint density at radius 2 is 1.97 bits per heavy atom. The van der Waals surface area contributed by atoms with Gasteiger partial charge in [-0.15, -0.1) is 0 Å². The van der Waals surface area contributed by atoms with Gasteiger partial charge in [-0.2, -0.15) is 5.26 Å². The van der Waals surface area contributed by atoms with Crippen LogP contribution in [0.5, 0.6) is 0 Å². The summed E-state index contributed by atoms with van der Waals surface area (Å²) in [7, 11) is 0. The van der Waals surface area contributed by atoms with Crippen molar-refractivity contribution in [1.29, 1.82) is 5.26 Å². The van der Waals surface area contributed by atoms with Crippen LogP contribution in [0.1, 0.15) is 63.5 Å². The fraction of sp³-hybridized carbons (Fsp3) is 0.429. The van der Waals surface area contributed by atoms with Gasteiger partial charge < -0.3 is 24.8 Å². The number of nitriles is 1. The van der Waals surface area contributed by atoms with Crippen LogP contribution < -0.4 is 10.6 Å². The normalized spacial score (nSPS) is 14.9. The number of aldehydes is 1. The van der Waals surface area contributed by atoms with Gasteiger partial charge in [0.25, 0.3) is 0 Å². The molecule has 1 saturated heterocycles. The number of hydrogen-bond donors (Lipinski definition) is 2. The minimum Gasteiger partial charge on any atom is -0.444 e. The standard InChI is InChI=1S/C26H30N8O3.C2H6/c1-26(2,3)37-25(36)34-7-4-5-18(15-34)11-29-21-9-23(32-24-14-28-20(10-27)12-30-24)31-13-22(21)33-8-6-19(16-33)17-35;1-2/h6,8-9,12-14,16-18H,4-5,7,11,15H2,1-3H3,(H2,29,30,31,32);1-2H3. The Bertz CT molecular complexity index is 1290. The van der Waals surface area contributed by atoms with E-state index in [1.54, 1.807) is 29.6 Å². The van der Waals surface area contributed by atoms with Gasteiger partial charge in [-0.1, -0.05) is 13.8 Å². The molecule has 11 nitrogen and oxygen atoms in total. The van der Waals surface area contributed by atoms with Crippen LogP contribution in [0.15, 0.2) is 43.1 Å². The SMILES string of the molecule is CC.CC(C)(C)OC(=O)N1CCCC(CNc2cc(Nc3cnc(C#N)cn3)ncc2-n2ccc(C=O)c2)C1. The molecule has 0 radical (unpaired) electrons. The molecular weight excluding hydrogens is 496 g/mol. The molecule has 3 aromatic rings. The van der Waals surface area contributed by atoms with Crippen LogP contribution in [-0.2, 0) is 4.74 Å². The highest BCUT2D eigenvalue weighted by Crippen LogP contribution is 2.26. The van der Waals surface area contributed by atoms with Crippen molar-refractivity contribution >= 4 is 29.7 Å². The number of piperidine rings is 1. The van der Waals surface area contributed by atoms with E-state index in [9.17, 15) is 9.59 Å². The highest BCUT2D eigenvalue weighted by Gasteiger charge is 2.27. The van der Waals surface area contributed by atoms with Crippen LogP contribution in [0.3, 0.4) is 0 Å². The van der Waals surface area contributed by atoms with Crippen LogP contribution in [0.4, 0.5) is 22.1 Å². The first-order valence-electron chi connectivity index (χ1n) is 13.1. The summed E-state index contributed by atoms with van der Waals surface area (Å²) in [6.07, 6.45) is 10.5. The van der Waals surface area contributed by atoms with Crippen LogP contribution in [0.25, 0.3) is 5.69 Å². The largest absolute Gasteiger partial charge is 0.444 e. The van der Waals surface area contributed by atoms with Crippen molar-refractivity contribution in [2.75, 3.05) is 30.3 Å². The van der Waals surface area contributed by atoms with Gasteiger partial charge in [0, 0.05) is 43.7 Å². The Balaban J connectivity index is 0.00000205. The van der Waals surface area contributed by atoms with Crippen molar-refractivity contribution in [2.24, 2.45) is 5.92 Å². The summed E-state index contributed by atoms with van der Waals surface area (Å²) in [5, 5.41) is 15.5. The number of rotatable bonds is 7. The fourth-order valence-corrected chi connectivity index (χ4v) is 4.06. The summed E-state index contributed by atoms with van der Waals surface area (Å²) in [5.41, 5.74) is 1.81. The zero-order valence-corrected chi connectivity index (χ0v) is 23.1. The average Bonchev–Trinajstić information content (AvgIpc) is 3.42. The van der Waals surface area contributed by atoms with Gasteiger partial charge in [-0.3, -0.25) is 4.79 Å². The van der Waals surface area contributed by atoms with Crippen molar-refractivity contribution in [3.05, 3.63) is 54.4 Å². The lowest BCUT2D eigenvalue weighted by molar-refractivity contribution is 0.0172. The van der Waals surface area contributed by atoms with Crippen LogP contribution in [0.2, 0.25) is 0 Å². The van der Waals surface area contributed by atoms with Gasteiger partial charge in [0.2, 0.25) is 0 Å².